The van der Waals surface area contributed by atoms with Crippen molar-refractivity contribution in [3.05, 3.63) is 69.1 Å². The lowest BCUT2D eigenvalue weighted by molar-refractivity contribution is 0.264. The highest BCUT2D eigenvalue weighted by Crippen LogP contribution is 2.25. The topological polar surface area (TPSA) is 61.0 Å². The van der Waals surface area contributed by atoms with Gasteiger partial charge in [0, 0.05) is 48.9 Å². The summed E-state index contributed by atoms with van der Waals surface area (Å²) in [6, 6.07) is 11.5. The predicted octanol–water partition coefficient (Wildman–Crippen LogP) is 3.05. The molecule has 2 N–H and O–H groups in total. The van der Waals surface area contributed by atoms with Crippen molar-refractivity contribution in [3.8, 4) is 0 Å². The molecule has 0 unspecified atom stereocenters. The molecule has 1 aromatic carbocycles. The largest absolute Gasteiger partial charge is 0.383 e. The molecule has 6 heteroatoms. The summed E-state index contributed by atoms with van der Waals surface area (Å²) in [4.78, 5) is 21.2. The Bertz CT molecular complexity index is 969. The molecule has 0 saturated heterocycles. The summed E-state index contributed by atoms with van der Waals surface area (Å²) in [5, 5.41) is 5.18. The molecule has 4 rings (SSSR count). The van der Waals surface area contributed by atoms with E-state index in [4.69, 9.17) is 11.6 Å². The van der Waals surface area contributed by atoms with Crippen molar-refractivity contribution in [2.75, 3.05) is 25.0 Å². The summed E-state index contributed by atoms with van der Waals surface area (Å²) in [5.74, 6) is 0. The van der Waals surface area contributed by atoms with Crippen molar-refractivity contribution >= 4 is 28.3 Å². The molecule has 0 spiro atoms. The smallest absolute Gasteiger partial charge is 0.251 e. The SMILES string of the molecule is O=c1cc(NCCN2CCc3c(Cl)cccc3C2)c2cccnc2[nH]1. The van der Waals surface area contributed by atoms with Crippen molar-refractivity contribution in [2.45, 2.75) is 13.0 Å². The predicted molar refractivity (Wildman–Crippen MR) is 101 cm³/mol. The first-order valence-electron chi connectivity index (χ1n) is 8.41. The van der Waals surface area contributed by atoms with Gasteiger partial charge in [-0.1, -0.05) is 23.7 Å². The molecule has 0 atom stereocenters. The van der Waals surface area contributed by atoms with E-state index < -0.39 is 0 Å². The third-order valence-corrected chi connectivity index (χ3v) is 5.00. The molecule has 3 aromatic rings. The van der Waals surface area contributed by atoms with Gasteiger partial charge in [-0.15, -0.1) is 0 Å². The maximum absolute atomic E-state index is 11.8. The number of nitrogens with one attached hydrogen (secondary N) is 2. The van der Waals surface area contributed by atoms with Gasteiger partial charge in [-0.05, 0) is 35.7 Å². The van der Waals surface area contributed by atoms with E-state index in [9.17, 15) is 4.79 Å². The number of aromatic amines is 1. The molecule has 1 aliphatic rings. The van der Waals surface area contributed by atoms with Gasteiger partial charge in [-0.25, -0.2) is 4.98 Å². The lowest BCUT2D eigenvalue weighted by Gasteiger charge is -2.29. The number of pyridine rings is 2. The van der Waals surface area contributed by atoms with Crippen LogP contribution in [0.15, 0.2) is 47.4 Å². The number of H-pyrrole nitrogens is 1. The van der Waals surface area contributed by atoms with Gasteiger partial charge in [-0.2, -0.15) is 0 Å². The van der Waals surface area contributed by atoms with Crippen LogP contribution in [0.4, 0.5) is 5.69 Å². The first-order valence-corrected chi connectivity index (χ1v) is 8.79. The highest BCUT2D eigenvalue weighted by molar-refractivity contribution is 6.31. The van der Waals surface area contributed by atoms with Gasteiger partial charge in [0.1, 0.15) is 5.65 Å². The van der Waals surface area contributed by atoms with Gasteiger partial charge in [0.25, 0.3) is 5.56 Å². The Balaban J connectivity index is 1.43. The number of rotatable bonds is 4. The van der Waals surface area contributed by atoms with Gasteiger partial charge >= 0.3 is 0 Å². The molecule has 1 aliphatic heterocycles. The van der Waals surface area contributed by atoms with Gasteiger partial charge in [0.2, 0.25) is 0 Å². The van der Waals surface area contributed by atoms with Crippen molar-refractivity contribution in [1.82, 2.24) is 14.9 Å². The molecular formula is C19H19ClN4O. The zero-order valence-corrected chi connectivity index (χ0v) is 14.5. The van der Waals surface area contributed by atoms with Gasteiger partial charge in [0.15, 0.2) is 0 Å². The van der Waals surface area contributed by atoms with Crippen LogP contribution in [0.1, 0.15) is 11.1 Å². The van der Waals surface area contributed by atoms with E-state index in [2.05, 4.69) is 26.3 Å². The molecule has 0 saturated carbocycles. The van der Waals surface area contributed by atoms with Gasteiger partial charge in [0.05, 0.1) is 5.69 Å². The molecule has 5 nitrogen and oxygen atoms in total. The Kier molecular flexibility index (Phi) is 4.42. The Morgan fingerprint density at radius 1 is 1.28 bits per heavy atom. The van der Waals surface area contributed by atoms with Crippen molar-refractivity contribution in [2.24, 2.45) is 0 Å². The average Bonchev–Trinajstić information content (AvgIpc) is 2.61. The van der Waals surface area contributed by atoms with Crippen LogP contribution >= 0.6 is 11.6 Å². The third-order valence-electron chi connectivity index (χ3n) is 4.65. The lowest BCUT2D eigenvalue weighted by Crippen LogP contribution is -2.34. The van der Waals surface area contributed by atoms with Gasteiger partial charge < -0.3 is 10.3 Å². The zero-order chi connectivity index (χ0) is 17.2. The minimum absolute atomic E-state index is 0.143. The number of hydrogen-bond donors (Lipinski definition) is 2. The fourth-order valence-corrected chi connectivity index (χ4v) is 3.68. The number of benzene rings is 1. The van der Waals surface area contributed by atoms with E-state index in [1.807, 2.05) is 24.3 Å². The maximum Gasteiger partial charge on any atom is 0.251 e. The van der Waals surface area contributed by atoms with E-state index >= 15 is 0 Å². The van der Waals surface area contributed by atoms with Crippen molar-refractivity contribution in [3.63, 3.8) is 0 Å². The number of nitrogens with zero attached hydrogens (tertiary/aromatic N) is 2. The number of anilines is 1. The quantitative estimate of drug-likeness (QED) is 0.756. The molecule has 0 amide bonds. The summed E-state index contributed by atoms with van der Waals surface area (Å²) < 4.78 is 0. The molecule has 0 aliphatic carbocycles. The summed E-state index contributed by atoms with van der Waals surface area (Å²) >= 11 is 6.28. The lowest BCUT2D eigenvalue weighted by atomic mass is 10.00. The van der Waals surface area contributed by atoms with Crippen LogP contribution in [0, 0.1) is 0 Å². The number of fused-ring (bicyclic) bond motifs is 2. The third kappa shape index (κ3) is 3.38. The molecule has 25 heavy (non-hydrogen) atoms. The van der Waals surface area contributed by atoms with Crippen LogP contribution in [-0.2, 0) is 13.0 Å². The van der Waals surface area contributed by atoms with Crippen LogP contribution < -0.4 is 10.9 Å². The average molecular weight is 355 g/mol. The molecule has 0 radical (unpaired) electrons. The standard InChI is InChI=1S/C19H19ClN4O/c20-16-5-1-3-13-12-24(9-6-14(13)16)10-8-21-17-11-18(25)23-19-15(17)4-2-7-22-19/h1-5,7,11H,6,8-10,12H2,(H2,21,22,23,25). The normalized spacial score (nSPS) is 14.4. The monoisotopic (exact) mass is 354 g/mol. The van der Waals surface area contributed by atoms with E-state index in [0.717, 1.165) is 48.7 Å². The fraction of sp³-hybridized carbons (Fsp3) is 0.263. The summed E-state index contributed by atoms with van der Waals surface area (Å²) in [6.07, 6.45) is 2.66. The Morgan fingerprint density at radius 3 is 3.12 bits per heavy atom. The zero-order valence-electron chi connectivity index (χ0n) is 13.8. The Hall–Kier alpha value is -2.37. The van der Waals surface area contributed by atoms with Crippen molar-refractivity contribution < 1.29 is 0 Å². The Morgan fingerprint density at radius 2 is 2.20 bits per heavy atom. The van der Waals surface area contributed by atoms with Crippen molar-refractivity contribution in [1.29, 1.82) is 0 Å². The first-order chi connectivity index (χ1) is 12.2. The Labute approximate surface area is 150 Å². The van der Waals surface area contributed by atoms with Crippen LogP contribution in [-0.4, -0.2) is 34.5 Å². The second-order valence-electron chi connectivity index (χ2n) is 6.28. The highest BCUT2D eigenvalue weighted by atomic mass is 35.5. The molecular weight excluding hydrogens is 336 g/mol. The summed E-state index contributed by atoms with van der Waals surface area (Å²) in [6.45, 7) is 3.58. The molecule has 0 fully saturated rings. The highest BCUT2D eigenvalue weighted by Gasteiger charge is 2.17. The molecule has 128 valence electrons. The van der Waals surface area contributed by atoms with E-state index in [-0.39, 0.29) is 5.56 Å². The van der Waals surface area contributed by atoms with Crippen LogP contribution in [0.2, 0.25) is 5.02 Å². The van der Waals surface area contributed by atoms with E-state index in [1.54, 1.807) is 12.3 Å². The summed E-state index contributed by atoms with van der Waals surface area (Å²) in [7, 11) is 0. The molecule has 2 aromatic heterocycles. The van der Waals surface area contributed by atoms with Crippen LogP contribution in [0.25, 0.3) is 11.0 Å². The second kappa shape index (κ2) is 6.86. The fourth-order valence-electron chi connectivity index (χ4n) is 3.39. The number of aromatic nitrogens is 2. The van der Waals surface area contributed by atoms with Crippen LogP contribution in [0.3, 0.4) is 0 Å². The van der Waals surface area contributed by atoms with E-state index in [1.165, 1.54) is 11.1 Å². The number of halogens is 1. The molecule has 3 heterocycles. The summed E-state index contributed by atoms with van der Waals surface area (Å²) in [5.41, 5.74) is 3.88. The van der Waals surface area contributed by atoms with Crippen LogP contribution in [0.5, 0.6) is 0 Å². The minimum Gasteiger partial charge on any atom is -0.383 e. The second-order valence-corrected chi connectivity index (χ2v) is 6.68. The van der Waals surface area contributed by atoms with E-state index in [0.29, 0.717) is 5.65 Å². The minimum atomic E-state index is -0.143. The maximum atomic E-state index is 11.8. The molecule has 0 bridgehead atoms. The number of hydrogen-bond acceptors (Lipinski definition) is 4. The van der Waals surface area contributed by atoms with Gasteiger partial charge in [-0.3, -0.25) is 9.69 Å². The first kappa shape index (κ1) is 16.1.